The number of aryl methyl sites for hydroxylation is 1. The summed E-state index contributed by atoms with van der Waals surface area (Å²) in [5.41, 5.74) is 1.36. The second kappa shape index (κ2) is 7.67. The van der Waals surface area contributed by atoms with Crippen LogP contribution in [-0.4, -0.2) is 40.4 Å². The first-order valence-electron chi connectivity index (χ1n) is 8.92. The first-order chi connectivity index (χ1) is 11.1. The Morgan fingerprint density at radius 1 is 1.35 bits per heavy atom. The Morgan fingerprint density at radius 3 is 2.91 bits per heavy atom. The van der Waals surface area contributed by atoms with Crippen molar-refractivity contribution in [3.05, 3.63) is 24.0 Å². The first-order valence-corrected chi connectivity index (χ1v) is 9.33. The van der Waals surface area contributed by atoms with Gasteiger partial charge in [-0.15, -0.1) is 0 Å². The Kier molecular flexibility index (Phi) is 5.59. The van der Waals surface area contributed by atoms with Gasteiger partial charge in [-0.3, -0.25) is 0 Å². The third kappa shape index (κ3) is 4.07. The molecule has 1 aromatic rings. The molecular formula is C18H29N3OS. The van der Waals surface area contributed by atoms with Crippen LogP contribution in [0.4, 0.5) is 0 Å². The number of rotatable bonds is 3. The highest BCUT2D eigenvalue weighted by atomic mass is 32.1. The van der Waals surface area contributed by atoms with E-state index in [2.05, 4.69) is 47.1 Å². The molecule has 0 amide bonds. The van der Waals surface area contributed by atoms with E-state index in [-0.39, 0.29) is 0 Å². The van der Waals surface area contributed by atoms with Crippen LogP contribution < -0.4 is 5.32 Å². The van der Waals surface area contributed by atoms with E-state index in [1.165, 1.54) is 31.4 Å². The summed E-state index contributed by atoms with van der Waals surface area (Å²) in [6.07, 6.45) is 8.42. The van der Waals surface area contributed by atoms with Crippen LogP contribution in [0.25, 0.3) is 0 Å². The summed E-state index contributed by atoms with van der Waals surface area (Å²) in [6, 6.07) is 4.74. The predicted molar refractivity (Wildman–Crippen MR) is 97.4 cm³/mol. The van der Waals surface area contributed by atoms with Crippen molar-refractivity contribution in [2.45, 2.75) is 51.2 Å². The zero-order valence-electron chi connectivity index (χ0n) is 14.3. The molecule has 0 aliphatic carbocycles. The van der Waals surface area contributed by atoms with Crippen molar-refractivity contribution in [2.75, 3.05) is 19.7 Å². The molecule has 23 heavy (non-hydrogen) atoms. The van der Waals surface area contributed by atoms with Gasteiger partial charge in [0, 0.05) is 38.6 Å². The van der Waals surface area contributed by atoms with Crippen molar-refractivity contribution in [2.24, 2.45) is 13.0 Å². The molecule has 5 heteroatoms. The molecule has 3 rings (SSSR count). The van der Waals surface area contributed by atoms with E-state index < -0.39 is 0 Å². The second-order valence-corrected chi connectivity index (χ2v) is 7.43. The van der Waals surface area contributed by atoms with Crippen molar-refractivity contribution >= 4 is 17.3 Å². The molecule has 2 fully saturated rings. The van der Waals surface area contributed by atoms with Gasteiger partial charge < -0.3 is 19.5 Å². The van der Waals surface area contributed by atoms with Crippen molar-refractivity contribution in [3.63, 3.8) is 0 Å². The lowest BCUT2D eigenvalue weighted by atomic mass is 10.0. The summed E-state index contributed by atoms with van der Waals surface area (Å²) in [5, 5.41) is 4.36. The number of hydrogen-bond donors (Lipinski definition) is 1. The molecule has 0 bridgehead atoms. The minimum atomic E-state index is 0.326. The Labute approximate surface area is 145 Å². The van der Waals surface area contributed by atoms with Crippen LogP contribution in [0.2, 0.25) is 0 Å². The van der Waals surface area contributed by atoms with Crippen LogP contribution in [0.3, 0.4) is 0 Å². The van der Waals surface area contributed by atoms with Crippen LogP contribution in [-0.2, 0) is 11.8 Å². The summed E-state index contributed by atoms with van der Waals surface area (Å²) in [7, 11) is 2.13. The van der Waals surface area contributed by atoms with Crippen molar-refractivity contribution in [3.8, 4) is 0 Å². The topological polar surface area (TPSA) is 29.4 Å². The molecule has 128 valence electrons. The van der Waals surface area contributed by atoms with E-state index in [0.717, 1.165) is 37.1 Å². The maximum atomic E-state index is 5.75. The number of thiocarbonyl (C=S) groups is 1. The van der Waals surface area contributed by atoms with E-state index in [1.54, 1.807) is 0 Å². The van der Waals surface area contributed by atoms with Crippen LogP contribution >= 0.6 is 12.2 Å². The molecule has 4 nitrogen and oxygen atoms in total. The molecule has 1 N–H and O–H groups in total. The minimum absolute atomic E-state index is 0.326. The van der Waals surface area contributed by atoms with Gasteiger partial charge in [0.1, 0.15) is 0 Å². The normalized spacial score (nSPS) is 28.6. The molecule has 3 atom stereocenters. The molecule has 2 aliphatic heterocycles. The lowest BCUT2D eigenvalue weighted by Crippen LogP contribution is -2.44. The van der Waals surface area contributed by atoms with Crippen LogP contribution in [0.1, 0.15) is 50.8 Å². The maximum absolute atomic E-state index is 5.75. The molecule has 2 saturated heterocycles. The van der Waals surface area contributed by atoms with E-state index in [4.69, 9.17) is 17.0 Å². The molecule has 0 unspecified atom stereocenters. The molecule has 3 heterocycles. The van der Waals surface area contributed by atoms with Gasteiger partial charge in [0.05, 0.1) is 12.1 Å². The predicted octanol–water partition coefficient (Wildman–Crippen LogP) is 3.24. The van der Waals surface area contributed by atoms with Gasteiger partial charge in [-0.25, -0.2) is 0 Å². The zero-order chi connectivity index (χ0) is 16.2. The Bertz CT molecular complexity index is 524. The summed E-state index contributed by atoms with van der Waals surface area (Å²) < 4.78 is 7.94. The van der Waals surface area contributed by atoms with Gasteiger partial charge in [-0.05, 0) is 62.4 Å². The number of hydrogen-bond acceptors (Lipinski definition) is 2. The average Bonchev–Trinajstić information content (AvgIpc) is 3.16. The largest absolute Gasteiger partial charge is 0.376 e. The third-order valence-electron chi connectivity index (χ3n) is 5.26. The van der Waals surface area contributed by atoms with E-state index in [0.29, 0.717) is 12.1 Å². The third-order valence-corrected chi connectivity index (χ3v) is 5.64. The Balaban J connectivity index is 1.69. The van der Waals surface area contributed by atoms with Gasteiger partial charge in [-0.2, -0.15) is 0 Å². The number of likely N-dealkylation sites (tertiary alicyclic amines) is 1. The highest BCUT2D eigenvalue weighted by molar-refractivity contribution is 7.80. The van der Waals surface area contributed by atoms with Crippen molar-refractivity contribution in [1.82, 2.24) is 14.8 Å². The van der Waals surface area contributed by atoms with Gasteiger partial charge in [-0.1, -0.05) is 6.92 Å². The molecule has 0 aromatic carbocycles. The number of nitrogens with one attached hydrogen (secondary N) is 1. The summed E-state index contributed by atoms with van der Waals surface area (Å²) in [4.78, 5) is 2.41. The zero-order valence-corrected chi connectivity index (χ0v) is 15.1. The maximum Gasteiger partial charge on any atom is 0.169 e. The fourth-order valence-electron chi connectivity index (χ4n) is 3.74. The monoisotopic (exact) mass is 335 g/mol. The first kappa shape index (κ1) is 16.8. The Morgan fingerprint density at radius 2 is 2.22 bits per heavy atom. The molecule has 0 spiro atoms. The van der Waals surface area contributed by atoms with Crippen LogP contribution in [0.5, 0.6) is 0 Å². The smallest absolute Gasteiger partial charge is 0.169 e. The SMILES string of the molecule is C[C@H]1CC[C@@H](c2cccn2C)N(C(=S)NC[C@@H]2CCCO2)CC1. The quantitative estimate of drug-likeness (QED) is 0.859. The number of aromatic nitrogens is 1. The van der Waals surface area contributed by atoms with E-state index in [1.807, 2.05) is 0 Å². The minimum Gasteiger partial charge on any atom is -0.376 e. The molecular weight excluding hydrogens is 306 g/mol. The Hall–Kier alpha value is -1.07. The van der Waals surface area contributed by atoms with Crippen molar-refractivity contribution < 1.29 is 4.74 Å². The average molecular weight is 336 g/mol. The molecule has 1 aromatic heterocycles. The van der Waals surface area contributed by atoms with Gasteiger partial charge in [0.25, 0.3) is 0 Å². The molecule has 0 saturated carbocycles. The molecule has 0 radical (unpaired) electrons. The lowest BCUT2D eigenvalue weighted by molar-refractivity contribution is 0.113. The van der Waals surface area contributed by atoms with Gasteiger partial charge in [0.2, 0.25) is 0 Å². The summed E-state index contributed by atoms with van der Waals surface area (Å²) >= 11 is 5.75. The van der Waals surface area contributed by atoms with Crippen LogP contribution in [0, 0.1) is 5.92 Å². The van der Waals surface area contributed by atoms with Gasteiger partial charge >= 0.3 is 0 Å². The standard InChI is InChI=1S/C18H29N3OS/c1-14-7-8-17(16-6-3-10-20(16)2)21(11-9-14)18(23)19-13-15-5-4-12-22-15/h3,6,10,14-15,17H,4-5,7-9,11-13H2,1-2H3,(H,19,23)/t14-,15-,17-/m0/s1. The second-order valence-electron chi connectivity index (χ2n) is 7.05. The lowest BCUT2D eigenvalue weighted by Gasteiger charge is -2.33. The highest BCUT2D eigenvalue weighted by Gasteiger charge is 2.28. The van der Waals surface area contributed by atoms with Crippen molar-refractivity contribution in [1.29, 1.82) is 0 Å². The molecule has 2 aliphatic rings. The number of nitrogens with zero attached hydrogens (tertiary/aromatic N) is 2. The van der Waals surface area contributed by atoms with E-state index >= 15 is 0 Å². The summed E-state index contributed by atoms with van der Waals surface area (Å²) in [6.45, 7) is 5.12. The van der Waals surface area contributed by atoms with E-state index in [9.17, 15) is 0 Å². The summed E-state index contributed by atoms with van der Waals surface area (Å²) in [5.74, 6) is 0.767. The highest BCUT2D eigenvalue weighted by Crippen LogP contribution is 2.32. The fraction of sp³-hybridized carbons (Fsp3) is 0.722. The van der Waals surface area contributed by atoms with Gasteiger partial charge in [0.15, 0.2) is 5.11 Å². The number of ether oxygens (including phenoxy) is 1. The van der Waals surface area contributed by atoms with Crippen LogP contribution in [0.15, 0.2) is 18.3 Å². The fourth-order valence-corrected chi connectivity index (χ4v) is 4.04.